The van der Waals surface area contributed by atoms with Gasteiger partial charge in [0.05, 0.1) is 11.4 Å². The standard InChI is InChI=1S/C27H36N4O2S/c1-20-8-7-15-30(18-20)26(33)21-13-16-29(17-14-21)25(32)19-34-27-28-23-11-5-6-12-24(23)31(27)22-9-3-2-4-10-22/h2-4,9-10,20-21H,5-8,11-19H2,1H3. The first-order chi connectivity index (χ1) is 16.6. The number of hydrogen-bond donors (Lipinski definition) is 0. The summed E-state index contributed by atoms with van der Waals surface area (Å²) < 4.78 is 2.26. The molecular weight excluding hydrogens is 444 g/mol. The minimum absolute atomic E-state index is 0.0747. The highest BCUT2D eigenvalue weighted by molar-refractivity contribution is 7.99. The van der Waals surface area contributed by atoms with Crippen LogP contribution in [-0.4, -0.2) is 63.1 Å². The van der Waals surface area contributed by atoms with E-state index in [1.54, 1.807) is 11.8 Å². The van der Waals surface area contributed by atoms with Gasteiger partial charge in [0.1, 0.15) is 0 Å². The van der Waals surface area contributed by atoms with Gasteiger partial charge in [-0.05, 0) is 69.4 Å². The number of rotatable bonds is 5. The van der Waals surface area contributed by atoms with Gasteiger partial charge in [0.2, 0.25) is 11.8 Å². The number of para-hydroxylation sites is 1. The zero-order valence-corrected chi connectivity index (χ0v) is 21.1. The molecule has 1 unspecified atom stereocenters. The predicted molar refractivity (Wildman–Crippen MR) is 135 cm³/mol. The molecule has 2 saturated heterocycles. The van der Waals surface area contributed by atoms with Crippen LogP contribution in [0, 0.1) is 11.8 Å². The minimum atomic E-state index is 0.0747. The number of fused-ring (bicyclic) bond motifs is 1. The Bertz CT molecular complexity index is 1010. The lowest BCUT2D eigenvalue weighted by Gasteiger charge is -2.37. The molecule has 5 rings (SSSR count). The lowest BCUT2D eigenvalue weighted by atomic mass is 9.93. The summed E-state index contributed by atoms with van der Waals surface area (Å²) in [6, 6.07) is 10.4. The smallest absolute Gasteiger partial charge is 0.233 e. The largest absolute Gasteiger partial charge is 0.342 e. The van der Waals surface area contributed by atoms with E-state index >= 15 is 0 Å². The van der Waals surface area contributed by atoms with Gasteiger partial charge < -0.3 is 9.80 Å². The molecule has 2 fully saturated rings. The van der Waals surface area contributed by atoms with Gasteiger partial charge in [-0.1, -0.05) is 36.9 Å². The summed E-state index contributed by atoms with van der Waals surface area (Å²) >= 11 is 1.55. The van der Waals surface area contributed by atoms with Crippen molar-refractivity contribution >= 4 is 23.6 Å². The third kappa shape index (κ3) is 5.04. The monoisotopic (exact) mass is 480 g/mol. The highest BCUT2D eigenvalue weighted by Crippen LogP contribution is 2.31. The highest BCUT2D eigenvalue weighted by Gasteiger charge is 2.32. The number of aromatic nitrogens is 2. The summed E-state index contributed by atoms with van der Waals surface area (Å²) in [5.41, 5.74) is 3.62. The number of carbonyl (C=O) groups is 2. The molecule has 2 aromatic rings. The molecule has 2 aliphatic heterocycles. The van der Waals surface area contributed by atoms with Gasteiger partial charge in [0.25, 0.3) is 0 Å². The molecule has 34 heavy (non-hydrogen) atoms. The second-order valence-corrected chi connectivity index (χ2v) is 11.1. The van der Waals surface area contributed by atoms with Crippen LogP contribution in [-0.2, 0) is 22.4 Å². The fourth-order valence-corrected chi connectivity index (χ4v) is 6.65. The van der Waals surface area contributed by atoms with E-state index in [0.717, 1.165) is 56.0 Å². The first kappa shape index (κ1) is 23.5. The number of amides is 2. The molecule has 7 heteroatoms. The number of piperidine rings is 2. The van der Waals surface area contributed by atoms with Gasteiger partial charge in [-0.25, -0.2) is 4.98 Å². The molecule has 0 saturated carbocycles. The zero-order chi connectivity index (χ0) is 23.5. The highest BCUT2D eigenvalue weighted by atomic mass is 32.2. The lowest BCUT2D eigenvalue weighted by molar-refractivity contribution is -0.141. The van der Waals surface area contributed by atoms with Gasteiger partial charge in [0.15, 0.2) is 5.16 Å². The Balaban J connectivity index is 1.19. The molecule has 0 bridgehead atoms. The Kier molecular flexibility index (Phi) is 7.28. The van der Waals surface area contributed by atoms with E-state index in [2.05, 4.69) is 40.7 Å². The van der Waals surface area contributed by atoms with Crippen molar-refractivity contribution < 1.29 is 9.59 Å². The summed E-state index contributed by atoms with van der Waals surface area (Å²) in [5, 5.41) is 0.927. The number of hydrogen-bond acceptors (Lipinski definition) is 4. The van der Waals surface area contributed by atoms with E-state index in [1.807, 2.05) is 11.0 Å². The average molecular weight is 481 g/mol. The van der Waals surface area contributed by atoms with Crippen LogP contribution in [0.1, 0.15) is 56.8 Å². The SMILES string of the molecule is CC1CCCN(C(=O)C2CCN(C(=O)CSc3nc4c(n3-c3ccccc3)CCCC4)CC2)C1. The predicted octanol–water partition coefficient (Wildman–Crippen LogP) is 4.34. The van der Waals surface area contributed by atoms with E-state index in [-0.39, 0.29) is 11.8 Å². The van der Waals surface area contributed by atoms with E-state index < -0.39 is 0 Å². The summed E-state index contributed by atoms with van der Waals surface area (Å²) in [4.78, 5) is 35.0. The zero-order valence-electron chi connectivity index (χ0n) is 20.2. The third-order valence-electron chi connectivity index (χ3n) is 7.61. The molecule has 1 aromatic carbocycles. The lowest BCUT2D eigenvalue weighted by Crippen LogP contribution is -2.47. The van der Waals surface area contributed by atoms with E-state index in [1.165, 1.54) is 30.7 Å². The first-order valence-corrected chi connectivity index (χ1v) is 13.9. The quantitative estimate of drug-likeness (QED) is 0.598. The summed E-state index contributed by atoms with van der Waals surface area (Å²) in [5.74, 6) is 1.54. The van der Waals surface area contributed by atoms with Gasteiger partial charge in [-0.15, -0.1) is 0 Å². The number of thioether (sulfide) groups is 1. The van der Waals surface area contributed by atoms with Crippen molar-refractivity contribution in [2.24, 2.45) is 11.8 Å². The Morgan fingerprint density at radius 3 is 2.50 bits per heavy atom. The molecular formula is C27H36N4O2S. The van der Waals surface area contributed by atoms with Crippen molar-refractivity contribution in [3.8, 4) is 5.69 Å². The van der Waals surface area contributed by atoms with Gasteiger partial charge >= 0.3 is 0 Å². The number of imidazole rings is 1. The number of nitrogens with zero attached hydrogens (tertiary/aromatic N) is 4. The molecule has 1 atom stereocenters. The Morgan fingerprint density at radius 1 is 0.971 bits per heavy atom. The molecule has 182 valence electrons. The minimum Gasteiger partial charge on any atom is -0.342 e. The van der Waals surface area contributed by atoms with Crippen LogP contribution >= 0.6 is 11.8 Å². The van der Waals surface area contributed by atoms with Crippen LogP contribution in [0.4, 0.5) is 0 Å². The van der Waals surface area contributed by atoms with Crippen molar-refractivity contribution in [3.05, 3.63) is 41.7 Å². The molecule has 6 nitrogen and oxygen atoms in total. The Morgan fingerprint density at radius 2 is 1.74 bits per heavy atom. The van der Waals surface area contributed by atoms with Crippen molar-refractivity contribution in [1.82, 2.24) is 19.4 Å². The van der Waals surface area contributed by atoms with Gasteiger partial charge in [0, 0.05) is 43.5 Å². The third-order valence-corrected chi connectivity index (χ3v) is 8.53. The summed E-state index contributed by atoms with van der Waals surface area (Å²) in [7, 11) is 0. The van der Waals surface area contributed by atoms with Crippen LogP contribution in [0.25, 0.3) is 5.69 Å². The van der Waals surface area contributed by atoms with Crippen molar-refractivity contribution in [2.45, 2.75) is 63.4 Å². The molecule has 0 spiro atoms. The second kappa shape index (κ2) is 10.5. The van der Waals surface area contributed by atoms with Gasteiger partial charge in [-0.2, -0.15) is 0 Å². The Hall–Kier alpha value is -2.28. The maximum absolute atomic E-state index is 13.1. The van der Waals surface area contributed by atoms with Crippen LogP contribution in [0.3, 0.4) is 0 Å². The van der Waals surface area contributed by atoms with Crippen LogP contribution in [0.2, 0.25) is 0 Å². The normalized spacial score (nSPS) is 21.4. The molecule has 0 N–H and O–H groups in total. The van der Waals surface area contributed by atoms with Crippen LogP contribution < -0.4 is 0 Å². The number of carbonyl (C=O) groups excluding carboxylic acids is 2. The number of likely N-dealkylation sites (tertiary alicyclic amines) is 2. The van der Waals surface area contributed by atoms with Gasteiger partial charge in [-0.3, -0.25) is 14.2 Å². The molecule has 3 aliphatic rings. The molecule has 3 heterocycles. The van der Waals surface area contributed by atoms with Crippen LogP contribution in [0.15, 0.2) is 35.5 Å². The Labute approximate surface area is 207 Å². The topological polar surface area (TPSA) is 58.4 Å². The fourth-order valence-electron chi connectivity index (χ4n) is 5.70. The maximum Gasteiger partial charge on any atom is 0.233 e. The molecule has 1 aliphatic carbocycles. The number of aryl methyl sites for hydroxylation is 1. The maximum atomic E-state index is 13.1. The van der Waals surface area contributed by atoms with E-state index in [4.69, 9.17) is 4.98 Å². The van der Waals surface area contributed by atoms with Crippen molar-refractivity contribution in [1.29, 1.82) is 0 Å². The van der Waals surface area contributed by atoms with Crippen LogP contribution in [0.5, 0.6) is 0 Å². The second-order valence-electron chi connectivity index (χ2n) is 10.1. The van der Waals surface area contributed by atoms with E-state index in [9.17, 15) is 9.59 Å². The van der Waals surface area contributed by atoms with Crippen molar-refractivity contribution in [3.63, 3.8) is 0 Å². The number of benzene rings is 1. The summed E-state index contributed by atoms with van der Waals surface area (Å²) in [6.45, 7) is 5.40. The van der Waals surface area contributed by atoms with E-state index in [0.29, 0.717) is 30.7 Å². The molecule has 0 radical (unpaired) electrons. The average Bonchev–Trinajstić information content (AvgIpc) is 3.26. The fraction of sp³-hybridized carbons (Fsp3) is 0.593. The molecule has 1 aromatic heterocycles. The first-order valence-electron chi connectivity index (χ1n) is 13.0. The van der Waals surface area contributed by atoms with Crippen molar-refractivity contribution in [2.75, 3.05) is 31.9 Å². The summed E-state index contributed by atoms with van der Waals surface area (Å²) in [6.07, 6.45) is 8.35. The molecule has 2 amide bonds.